The maximum atomic E-state index is 15.2. The van der Waals surface area contributed by atoms with Gasteiger partial charge in [-0.3, -0.25) is 0 Å². The lowest BCUT2D eigenvalue weighted by atomic mass is 9.94. The number of benzene rings is 3. The molecule has 0 saturated carbocycles. The van der Waals surface area contributed by atoms with Gasteiger partial charge in [0, 0.05) is 18.2 Å². The van der Waals surface area contributed by atoms with E-state index in [1.165, 1.54) is 24.8 Å². The molecule has 0 aliphatic heterocycles. The van der Waals surface area contributed by atoms with E-state index in [9.17, 15) is 9.90 Å². The van der Waals surface area contributed by atoms with Crippen molar-refractivity contribution in [3.05, 3.63) is 95.8 Å². The quantitative estimate of drug-likeness (QED) is 0.204. The van der Waals surface area contributed by atoms with E-state index in [-0.39, 0.29) is 19.0 Å². The van der Waals surface area contributed by atoms with Crippen LogP contribution in [-0.4, -0.2) is 17.7 Å². The molecule has 3 rings (SSSR count). The van der Waals surface area contributed by atoms with Gasteiger partial charge in [0.1, 0.15) is 12.4 Å². The van der Waals surface area contributed by atoms with Crippen LogP contribution in [0.4, 0.5) is 4.39 Å². The van der Waals surface area contributed by atoms with Crippen LogP contribution in [0.1, 0.15) is 42.9 Å². The first kappa shape index (κ1) is 24.4. The predicted molar refractivity (Wildman–Crippen MR) is 131 cm³/mol. The molecule has 4 heteroatoms. The summed E-state index contributed by atoms with van der Waals surface area (Å²) in [5.74, 6) is -0.881. The molecule has 172 valence electrons. The largest absolute Gasteiger partial charge is 0.458 e. The van der Waals surface area contributed by atoms with Gasteiger partial charge in [0.15, 0.2) is 0 Å². The van der Waals surface area contributed by atoms with E-state index >= 15 is 4.39 Å². The molecule has 3 aromatic carbocycles. The lowest BCUT2D eigenvalue weighted by Gasteiger charge is -2.14. The zero-order chi connectivity index (χ0) is 23.6. The Morgan fingerprint density at radius 3 is 2.30 bits per heavy atom. The number of aliphatic hydroxyl groups excluding tert-OH is 1. The smallest absolute Gasteiger partial charge is 0.330 e. The van der Waals surface area contributed by atoms with Gasteiger partial charge in [0.05, 0.1) is 0 Å². The van der Waals surface area contributed by atoms with Gasteiger partial charge in [0.25, 0.3) is 0 Å². The molecule has 0 saturated heterocycles. The van der Waals surface area contributed by atoms with Gasteiger partial charge in [-0.2, -0.15) is 0 Å². The fourth-order valence-electron chi connectivity index (χ4n) is 3.88. The highest BCUT2D eigenvalue weighted by Crippen LogP contribution is 2.31. The Morgan fingerprint density at radius 2 is 1.64 bits per heavy atom. The van der Waals surface area contributed by atoms with Crippen LogP contribution in [0.3, 0.4) is 0 Å². The third kappa shape index (κ3) is 6.62. The van der Waals surface area contributed by atoms with E-state index in [1.54, 1.807) is 12.1 Å². The standard InChI is InChI=1S/C29H31FO3/c1-3-5-6-7-21-8-11-23(12-9-21)24-13-15-27(28(30)19-24)26-14-10-22(16-17-31)18-25(26)20-33-29(32)4-2/h4,8-15,18-19,31H,2-3,5-7,16-17,20H2,1H3. The fourth-order valence-corrected chi connectivity index (χ4v) is 3.88. The molecular formula is C29H31FO3. The molecule has 3 nitrogen and oxygen atoms in total. The van der Waals surface area contributed by atoms with Crippen LogP contribution in [0.25, 0.3) is 22.3 Å². The van der Waals surface area contributed by atoms with Crippen LogP contribution >= 0.6 is 0 Å². The van der Waals surface area contributed by atoms with E-state index in [1.807, 2.05) is 36.4 Å². The summed E-state index contributed by atoms with van der Waals surface area (Å²) in [7, 11) is 0. The van der Waals surface area contributed by atoms with Crippen LogP contribution in [0.15, 0.2) is 73.3 Å². The maximum absolute atomic E-state index is 15.2. The summed E-state index contributed by atoms with van der Waals surface area (Å²) >= 11 is 0. The summed E-state index contributed by atoms with van der Waals surface area (Å²) in [6.45, 7) is 5.61. The first-order chi connectivity index (χ1) is 16.0. The Morgan fingerprint density at radius 1 is 0.939 bits per heavy atom. The third-order valence-electron chi connectivity index (χ3n) is 5.72. The van der Waals surface area contributed by atoms with Crippen molar-refractivity contribution < 1.29 is 19.0 Å². The molecule has 0 bridgehead atoms. The highest BCUT2D eigenvalue weighted by Gasteiger charge is 2.13. The minimum absolute atomic E-state index is 0.000139. The lowest BCUT2D eigenvalue weighted by molar-refractivity contribution is -0.138. The van der Waals surface area contributed by atoms with Gasteiger partial charge >= 0.3 is 5.97 Å². The SMILES string of the molecule is C=CC(=O)OCc1cc(CCO)ccc1-c1ccc(-c2ccc(CCCCC)cc2)cc1F. The molecule has 0 unspecified atom stereocenters. The number of hydrogen-bond donors (Lipinski definition) is 1. The monoisotopic (exact) mass is 446 g/mol. The molecule has 1 N–H and O–H groups in total. The number of carbonyl (C=O) groups excluding carboxylic acids is 1. The minimum Gasteiger partial charge on any atom is -0.458 e. The highest BCUT2D eigenvalue weighted by atomic mass is 19.1. The number of aryl methyl sites for hydroxylation is 1. The number of rotatable bonds is 11. The van der Waals surface area contributed by atoms with Crippen molar-refractivity contribution in [1.82, 2.24) is 0 Å². The van der Waals surface area contributed by atoms with Gasteiger partial charge in [-0.05, 0) is 58.7 Å². The lowest BCUT2D eigenvalue weighted by Crippen LogP contribution is -2.03. The number of ether oxygens (including phenoxy) is 1. The summed E-state index contributed by atoms with van der Waals surface area (Å²) < 4.78 is 20.4. The normalized spacial score (nSPS) is 10.8. The topological polar surface area (TPSA) is 46.5 Å². The van der Waals surface area contributed by atoms with Crippen molar-refractivity contribution in [2.45, 2.75) is 45.6 Å². The number of aliphatic hydroxyl groups is 1. The van der Waals surface area contributed by atoms with Crippen molar-refractivity contribution in [2.75, 3.05) is 6.61 Å². The Labute approximate surface area is 195 Å². The minimum atomic E-state index is -0.539. The summed E-state index contributed by atoms with van der Waals surface area (Å²) in [5.41, 5.74) is 5.75. The number of hydrogen-bond acceptors (Lipinski definition) is 3. The maximum Gasteiger partial charge on any atom is 0.330 e. The molecule has 0 aromatic heterocycles. The van der Waals surface area contributed by atoms with Crippen LogP contribution < -0.4 is 0 Å². The number of halogens is 1. The molecule has 0 fully saturated rings. The summed E-state index contributed by atoms with van der Waals surface area (Å²) in [4.78, 5) is 11.6. The van der Waals surface area contributed by atoms with Gasteiger partial charge in [-0.25, -0.2) is 9.18 Å². The van der Waals surface area contributed by atoms with Crippen LogP contribution in [-0.2, 0) is 29.0 Å². The Balaban J connectivity index is 1.86. The molecule has 0 aliphatic rings. The van der Waals surface area contributed by atoms with E-state index in [2.05, 4.69) is 25.6 Å². The zero-order valence-electron chi connectivity index (χ0n) is 19.1. The van der Waals surface area contributed by atoms with E-state index in [0.29, 0.717) is 23.1 Å². The first-order valence-corrected chi connectivity index (χ1v) is 11.5. The van der Waals surface area contributed by atoms with Crippen molar-refractivity contribution in [3.63, 3.8) is 0 Å². The van der Waals surface area contributed by atoms with Crippen molar-refractivity contribution in [1.29, 1.82) is 0 Å². The number of unbranched alkanes of at least 4 members (excludes halogenated alkanes) is 2. The molecule has 3 aromatic rings. The van der Waals surface area contributed by atoms with E-state index in [4.69, 9.17) is 4.74 Å². The van der Waals surface area contributed by atoms with Crippen LogP contribution in [0.2, 0.25) is 0 Å². The predicted octanol–water partition coefficient (Wildman–Crippen LogP) is 6.66. The Kier molecular flexibility index (Phi) is 8.96. The molecular weight excluding hydrogens is 415 g/mol. The second-order valence-corrected chi connectivity index (χ2v) is 8.13. The molecule has 0 aliphatic carbocycles. The summed E-state index contributed by atoms with van der Waals surface area (Å²) in [6.07, 6.45) is 6.24. The fraction of sp³-hybridized carbons (Fsp3) is 0.276. The summed E-state index contributed by atoms with van der Waals surface area (Å²) in [5, 5.41) is 9.25. The molecule has 0 spiro atoms. The van der Waals surface area contributed by atoms with E-state index < -0.39 is 5.97 Å². The number of esters is 1. The Bertz CT molecular complexity index is 1090. The van der Waals surface area contributed by atoms with Gasteiger partial charge in [-0.15, -0.1) is 0 Å². The van der Waals surface area contributed by atoms with Crippen LogP contribution in [0.5, 0.6) is 0 Å². The highest BCUT2D eigenvalue weighted by molar-refractivity contribution is 5.81. The molecule has 0 amide bonds. The first-order valence-electron chi connectivity index (χ1n) is 11.5. The molecule has 0 radical (unpaired) electrons. The molecule has 33 heavy (non-hydrogen) atoms. The van der Waals surface area contributed by atoms with E-state index in [0.717, 1.165) is 29.2 Å². The van der Waals surface area contributed by atoms with Gasteiger partial charge < -0.3 is 9.84 Å². The third-order valence-corrected chi connectivity index (χ3v) is 5.72. The average molecular weight is 447 g/mol. The molecule has 0 atom stereocenters. The van der Waals surface area contributed by atoms with Crippen molar-refractivity contribution in [3.8, 4) is 22.3 Å². The van der Waals surface area contributed by atoms with Crippen molar-refractivity contribution >= 4 is 5.97 Å². The van der Waals surface area contributed by atoms with Crippen molar-refractivity contribution in [2.24, 2.45) is 0 Å². The van der Waals surface area contributed by atoms with Crippen LogP contribution in [0, 0.1) is 5.82 Å². The van der Waals surface area contributed by atoms with Gasteiger partial charge in [0.2, 0.25) is 0 Å². The average Bonchev–Trinajstić information content (AvgIpc) is 2.83. The Hall–Kier alpha value is -3.24. The summed E-state index contributed by atoms with van der Waals surface area (Å²) in [6, 6.07) is 19.0. The second kappa shape index (κ2) is 12.1. The molecule has 0 heterocycles. The zero-order valence-corrected chi connectivity index (χ0v) is 19.1. The number of carbonyl (C=O) groups is 1. The van der Waals surface area contributed by atoms with Gasteiger partial charge in [-0.1, -0.05) is 80.9 Å². The second-order valence-electron chi connectivity index (χ2n) is 8.13.